The van der Waals surface area contributed by atoms with Gasteiger partial charge in [0.15, 0.2) is 0 Å². The summed E-state index contributed by atoms with van der Waals surface area (Å²) in [5.41, 5.74) is 0. The van der Waals surface area contributed by atoms with Crippen molar-refractivity contribution in [2.75, 3.05) is 13.2 Å². The minimum atomic E-state index is -3.56. The van der Waals surface area contributed by atoms with E-state index in [0.29, 0.717) is 13.2 Å². The van der Waals surface area contributed by atoms with Gasteiger partial charge in [0, 0.05) is 0 Å². The van der Waals surface area contributed by atoms with E-state index >= 15 is 0 Å². The topological polar surface area (TPSA) is 47.9 Å². The van der Waals surface area contributed by atoms with Crippen LogP contribution in [0.4, 0.5) is 0 Å². The average molecular weight is 309 g/mol. The van der Waals surface area contributed by atoms with Gasteiger partial charge in [-0.25, -0.2) is 0 Å². The molecule has 4 nitrogen and oxygen atoms in total. The number of hydrogen-bond acceptors (Lipinski definition) is 4. The predicted molar refractivity (Wildman–Crippen MR) is 60.3 cm³/mol. The molecule has 0 saturated heterocycles. The molecule has 0 bridgehead atoms. The Balaban J connectivity index is 4.79. The van der Waals surface area contributed by atoms with E-state index in [-0.39, 0.29) is 3.63 Å². The average Bonchev–Trinajstić information content (AvgIpc) is 2.32. The van der Waals surface area contributed by atoms with Gasteiger partial charge in [0.2, 0.25) is 0 Å². The first kappa shape index (κ1) is 16.2. The Morgan fingerprint density at radius 1 is 1.19 bits per heavy atom. The minimum absolute atomic E-state index is 0.244. The van der Waals surface area contributed by atoms with Crippen LogP contribution in [0.3, 0.4) is 0 Å². The molecule has 16 heavy (non-hydrogen) atoms. The van der Waals surface area contributed by atoms with Gasteiger partial charge in [0.1, 0.15) is 0 Å². The Morgan fingerprint density at radius 2 is 1.69 bits per heavy atom. The van der Waals surface area contributed by atoms with E-state index < -0.39 is 21.4 Å². The van der Waals surface area contributed by atoms with Crippen LogP contribution in [0.25, 0.3) is 0 Å². The maximum absolute atomic E-state index is 10.6. The van der Waals surface area contributed by atoms with Gasteiger partial charge in [0.05, 0.1) is 0 Å². The molecule has 0 amide bonds. The molecule has 0 aromatic rings. The second-order valence-corrected chi connectivity index (χ2v) is 11.3. The molecule has 0 aliphatic carbocycles. The molecule has 0 radical (unpaired) electrons. The molecule has 5 heteroatoms. The van der Waals surface area contributed by atoms with Crippen molar-refractivity contribution in [3.63, 3.8) is 0 Å². The van der Waals surface area contributed by atoms with Gasteiger partial charge >= 0.3 is 105 Å². The zero-order chi connectivity index (χ0) is 12.4. The third-order valence-electron chi connectivity index (χ3n) is 2.46. The number of rotatable bonds is 9. The van der Waals surface area contributed by atoms with Crippen LogP contribution in [0.5, 0.6) is 0 Å². The molecule has 0 spiro atoms. The monoisotopic (exact) mass is 307 g/mol. The SMILES string of the molecule is CCC[O][Zr]([N]=C=O)([O]CCC)[CH](C)CC. The van der Waals surface area contributed by atoms with Crippen LogP contribution in [0.1, 0.15) is 47.0 Å². The van der Waals surface area contributed by atoms with Gasteiger partial charge in [-0.3, -0.25) is 0 Å². The van der Waals surface area contributed by atoms with Crippen molar-refractivity contribution in [2.45, 2.75) is 50.6 Å². The fourth-order valence-electron chi connectivity index (χ4n) is 1.32. The van der Waals surface area contributed by atoms with E-state index in [9.17, 15) is 4.79 Å². The first-order valence-electron chi connectivity index (χ1n) is 6.03. The third kappa shape index (κ3) is 5.01. The van der Waals surface area contributed by atoms with Crippen LogP contribution in [-0.4, -0.2) is 19.3 Å². The molecule has 0 aromatic carbocycles. The van der Waals surface area contributed by atoms with Gasteiger partial charge < -0.3 is 0 Å². The van der Waals surface area contributed by atoms with E-state index in [1.807, 2.05) is 13.8 Å². The zero-order valence-corrected chi connectivity index (χ0v) is 13.2. The first-order valence-corrected chi connectivity index (χ1v) is 10.6. The second kappa shape index (κ2) is 9.24. The fraction of sp³-hybridized carbons (Fsp3) is 0.909. The summed E-state index contributed by atoms with van der Waals surface area (Å²) in [5.74, 6) is 0. The number of hydrogen-bond donors (Lipinski definition) is 0. The van der Waals surface area contributed by atoms with E-state index in [0.717, 1.165) is 19.3 Å². The van der Waals surface area contributed by atoms with E-state index in [2.05, 4.69) is 16.8 Å². The Hall–Kier alpha value is 0.183. The van der Waals surface area contributed by atoms with Crippen LogP contribution in [0.2, 0.25) is 3.63 Å². The summed E-state index contributed by atoms with van der Waals surface area (Å²) in [6.07, 6.45) is 4.42. The first-order chi connectivity index (χ1) is 7.66. The summed E-state index contributed by atoms with van der Waals surface area (Å²) in [7, 11) is 0. The Bertz CT molecular complexity index is 221. The summed E-state index contributed by atoms with van der Waals surface area (Å²) < 4.78 is 15.9. The van der Waals surface area contributed by atoms with E-state index in [1.54, 1.807) is 6.08 Å². The summed E-state index contributed by atoms with van der Waals surface area (Å²) in [5, 5.41) is 0. The molecule has 1 atom stereocenters. The number of carbonyl (C=O) groups excluding carboxylic acids is 1. The molecule has 0 fully saturated rings. The van der Waals surface area contributed by atoms with Gasteiger partial charge in [-0.1, -0.05) is 0 Å². The molecular weight excluding hydrogens is 285 g/mol. The molecular formula is C11H23NO3Zr. The van der Waals surface area contributed by atoms with Crippen LogP contribution < -0.4 is 0 Å². The van der Waals surface area contributed by atoms with Crippen molar-refractivity contribution >= 4 is 6.08 Å². The van der Waals surface area contributed by atoms with Crippen molar-refractivity contribution in [1.82, 2.24) is 0 Å². The predicted octanol–water partition coefficient (Wildman–Crippen LogP) is 3.29. The van der Waals surface area contributed by atoms with Crippen molar-refractivity contribution < 1.29 is 31.9 Å². The number of isocyanates is 1. The zero-order valence-electron chi connectivity index (χ0n) is 10.8. The molecule has 0 saturated carbocycles. The Kier molecular flexibility index (Phi) is 9.34. The molecule has 0 aliphatic heterocycles. The molecule has 0 rings (SSSR count). The molecule has 0 aliphatic rings. The van der Waals surface area contributed by atoms with Crippen molar-refractivity contribution in [3.8, 4) is 0 Å². The van der Waals surface area contributed by atoms with Crippen LogP contribution >= 0.6 is 0 Å². The van der Waals surface area contributed by atoms with Crippen molar-refractivity contribution in [2.24, 2.45) is 2.94 Å². The fourth-order valence-corrected chi connectivity index (χ4v) is 7.80. The van der Waals surface area contributed by atoms with E-state index in [4.69, 9.17) is 5.63 Å². The van der Waals surface area contributed by atoms with Crippen molar-refractivity contribution in [3.05, 3.63) is 0 Å². The molecule has 0 N–H and O–H groups in total. The maximum atomic E-state index is 10.6. The Morgan fingerprint density at radius 3 is 2.00 bits per heavy atom. The van der Waals surface area contributed by atoms with Crippen molar-refractivity contribution in [1.29, 1.82) is 0 Å². The molecule has 0 aromatic heterocycles. The quantitative estimate of drug-likeness (QED) is 0.485. The summed E-state index contributed by atoms with van der Waals surface area (Å²) in [6.45, 7) is 9.45. The second-order valence-electron chi connectivity index (χ2n) is 3.84. The summed E-state index contributed by atoms with van der Waals surface area (Å²) in [4.78, 5) is 10.6. The summed E-state index contributed by atoms with van der Waals surface area (Å²) in [6, 6.07) is 0. The number of nitrogens with zero attached hydrogens (tertiary/aromatic N) is 1. The Labute approximate surface area is 104 Å². The van der Waals surface area contributed by atoms with Crippen LogP contribution in [-0.2, 0) is 31.9 Å². The van der Waals surface area contributed by atoms with Gasteiger partial charge in [-0.2, -0.15) is 0 Å². The van der Waals surface area contributed by atoms with Crippen LogP contribution in [0.15, 0.2) is 2.94 Å². The van der Waals surface area contributed by atoms with Crippen LogP contribution in [0, 0.1) is 0 Å². The van der Waals surface area contributed by atoms with E-state index in [1.165, 1.54) is 0 Å². The molecule has 94 valence electrons. The summed E-state index contributed by atoms with van der Waals surface area (Å²) >= 11 is -3.56. The molecule has 1 unspecified atom stereocenters. The molecule has 0 heterocycles. The standard InChI is InChI=1S/C4H9.2C3H7O.CNO.Zr/c1-3-4-2;2*1-2-3-4;2-1-3;/h3H,4H2,1-2H3;2*2-3H2,1H3;;/q;3*-1;+3. The third-order valence-corrected chi connectivity index (χ3v) is 10.6. The van der Waals surface area contributed by atoms with Gasteiger partial charge in [-0.15, -0.1) is 0 Å². The normalized spacial score (nSPS) is 13.2. The van der Waals surface area contributed by atoms with Gasteiger partial charge in [-0.05, 0) is 0 Å². The van der Waals surface area contributed by atoms with Gasteiger partial charge in [0.25, 0.3) is 0 Å².